The van der Waals surface area contributed by atoms with Crippen molar-refractivity contribution in [3.63, 3.8) is 0 Å². The summed E-state index contributed by atoms with van der Waals surface area (Å²) >= 11 is 0. The van der Waals surface area contributed by atoms with Gasteiger partial charge in [-0.05, 0) is 29.8 Å². The highest BCUT2D eigenvalue weighted by atomic mass is 16.5. The van der Waals surface area contributed by atoms with Crippen molar-refractivity contribution < 1.29 is 14.3 Å². The van der Waals surface area contributed by atoms with E-state index in [4.69, 9.17) is 14.5 Å². The first-order valence-electron chi connectivity index (χ1n) is 11.7. The fraction of sp³-hybridized carbons (Fsp3) is 0.259. The Hall–Kier alpha value is -4.20. The van der Waals surface area contributed by atoms with E-state index < -0.39 is 0 Å². The second-order valence-electron chi connectivity index (χ2n) is 8.42. The zero-order valence-electron chi connectivity index (χ0n) is 20.0. The van der Waals surface area contributed by atoms with Crippen molar-refractivity contribution in [2.75, 3.05) is 50.6 Å². The lowest BCUT2D eigenvalue weighted by Crippen LogP contribution is -2.50. The third kappa shape index (κ3) is 4.59. The van der Waals surface area contributed by atoms with E-state index in [0.717, 1.165) is 23.5 Å². The van der Waals surface area contributed by atoms with Crippen molar-refractivity contribution in [2.45, 2.75) is 6.54 Å². The summed E-state index contributed by atoms with van der Waals surface area (Å²) in [6, 6.07) is 23.9. The normalized spacial score (nSPS) is 13.7. The molecule has 1 aromatic heterocycles. The van der Waals surface area contributed by atoms with Gasteiger partial charge in [-0.25, -0.2) is 9.78 Å². The molecule has 0 spiro atoms. The standard InChI is InChI=1S/C27H29N5O3/c1-34-24-14-8-12-22(25(24)35-2)29-27(33)31-17-15-30(16-18-31)26-28-21-11-6-7-13-23(21)32(26)19-20-9-4-3-5-10-20/h3-14H,15-19H2,1-2H3,(H,29,33). The van der Waals surface area contributed by atoms with Crippen LogP contribution in [0.5, 0.6) is 11.5 Å². The Morgan fingerprint density at radius 1 is 0.886 bits per heavy atom. The van der Waals surface area contributed by atoms with Crippen LogP contribution in [0.4, 0.5) is 16.4 Å². The molecule has 8 heteroatoms. The zero-order valence-corrected chi connectivity index (χ0v) is 20.0. The van der Waals surface area contributed by atoms with Crippen LogP contribution >= 0.6 is 0 Å². The van der Waals surface area contributed by atoms with Gasteiger partial charge in [-0.3, -0.25) is 0 Å². The third-order valence-electron chi connectivity index (χ3n) is 6.31. The van der Waals surface area contributed by atoms with E-state index >= 15 is 0 Å². The van der Waals surface area contributed by atoms with Crippen LogP contribution in [0.2, 0.25) is 0 Å². The number of hydrogen-bond acceptors (Lipinski definition) is 5. The SMILES string of the molecule is COc1cccc(NC(=O)N2CCN(c3nc4ccccc4n3Cc3ccccc3)CC2)c1OC. The van der Waals surface area contributed by atoms with Crippen LogP contribution < -0.4 is 19.7 Å². The number of methoxy groups -OCH3 is 2. The van der Waals surface area contributed by atoms with Gasteiger partial charge in [0.1, 0.15) is 0 Å². The minimum absolute atomic E-state index is 0.158. The largest absolute Gasteiger partial charge is 0.493 e. The van der Waals surface area contributed by atoms with E-state index in [1.165, 1.54) is 5.56 Å². The highest BCUT2D eigenvalue weighted by Crippen LogP contribution is 2.35. The molecule has 1 saturated heterocycles. The Morgan fingerprint density at radius 3 is 2.37 bits per heavy atom. The van der Waals surface area contributed by atoms with Gasteiger partial charge in [0, 0.05) is 26.2 Å². The molecule has 1 N–H and O–H groups in total. The van der Waals surface area contributed by atoms with Crippen molar-refractivity contribution >= 4 is 28.7 Å². The van der Waals surface area contributed by atoms with E-state index in [2.05, 4.69) is 45.1 Å². The second-order valence-corrected chi connectivity index (χ2v) is 8.42. The quantitative estimate of drug-likeness (QED) is 0.450. The number of fused-ring (bicyclic) bond motifs is 1. The van der Waals surface area contributed by atoms with Crippen LogP contribution in [0, 0.1) is 0 Å². The molecule has 0 aliphatic carbocycles. The Kier molecular flexibility index (Phi) is 6.43. The predicted octanol–water partition coefficient (Wildman–Crippen LogP) is 4.46. The monoisotopic (exact) mass is 471 g/mol. The van der Waals surface area contributed by atoms with E-state index in [1.54, 1.807) is 26.4 Å². The van der Waals surface area contributed by atoms with Gasteiger partial charge in [-0.2, -0.15) is 0 Å². The lowest BCUT2D eigenvalue weighted by molar-refractivity contribution is 0.207. The number of carbonyl (C=O) groups excluding carboxylic acids is 1. The molecular formula is C27H29N5O3. The minimum atomic E-state index is -0.158. The maximum atomic E-state index is 13.0. The van der Waals surface area contributed by atoms with Crippen LogP contribution in [-0.4, -0.2) is 60.9 Å². The minimum Gasteiger partial charge on any atom is -0.493 e. The molecule has 1 fully saturated rings. The number of benzene rings is 3. The summed E-state index contributed by atoms with van der Waals surface area (Å²) in [5.41, 5.74) is 3.89. The molecule has 3 aromatic carbocycles. The van der Waals surface area contributed by atoms with E-state index in [-0.39, 0.29) is 6.03 Å². The molecule has 180 valence electrons. The highest BCUT2D eigenvalue weighted by Gasteiger charge is 2.26. The summed E-state index contributed by atoms with van der Waals surface area (Å²) < 4.78 is 13.0. The third-order valence-corrected chi connectivity index (χ3v) is 6.31. The molecule has 0 bridgehead atoms. The molecule has 4 aromatic rings. The van der Waals surface area contributed by atoms with Crippen LogP contribution in [0.1, 0.15) is 5.56 Å². The highest BCUT2D eigenvalue weighted by molar-refractivity contribution is 5.92. The van der Waals surface area contributed by atoms with Gasteiger partial charge in [0.05, 0.1) is 37.5 Å². The summed E-state index contributed by atoms with van der Waals surface area (Å²) in [7, 11) is 3.14. The number of ether oxygens (including phenoxy) is 2. The van der Waals surface area contributed by atoms with Crippen molar-refractivity contribution in [1.29, 1.82) is 0 Å². The number of aromatic nitrogens is 2. The van der Waals surface area contributed by atoms with Gasteiger partial charge >= 0.3 is 6.03 Å². The van der Waals surface area contributed by atoms with Gasteiger partial charge in [0.25, 0.3) is 0 Å². The average molecular weight is 472 g/mol. The van der Waals surface area contributed by atoms with Crippen molar-refractivity contribution in [2.24, 2.45) is 0 Å². The van der Waals surface area contributed by atoms with Crippen molar-refractivity contribution in [3.05, 3.63) is 78.4 Å². The fourth-order valence-electron chi connectivity index (χ4n) is 4.52. The van der Waals surface area contributed by atoms with Crippen LogP contribution in [0.25, 0.3) is 11.0 Å². The zero-order chi connectivity index (χ0) is 24.2. The molecule has 5 rings (SSSR count). The number of amides is 2. The van der Waals surface area contributed by atoms with Crippen molar-refractivity contribution in [1.82, 2.24) is 14.5 Å². The van der Waals surface area contributed by atoms with Gasteiger partial charge in [-0.1, -0.05) is 48.5 Å². The van der Waals surface area contributed by atoms with Crippen LogP contribution in [-0.2, 0) is 6.54 Å². The molecule has 0 radical (unpaired) electrons. The fourth-order valence-corrected chi connectivity index (χ4v) is 4.52. The molecule has 0 atom stereocenters. The lowest BCUT2D eigenvalue weighted by Gasteiger charge is -2.35. The van der Waals surface area contributed by atoms with Crippen LogP contribution in [0.15, 0.2) is 72.8 Å². The maximum absolute atomic E-state index is 13.0. The Balaban J connectivity index is 1.31. The van der Waals surface area contributed by atoms with Crippen LogP contribution in [0.3, 0.4) is 0 Å². The summed E-state index contributed by atoms with van der Waals surface area (Å²) in [5.74, 6) is 2.02. The summed E-state index contributed by atoms with van der Waals surface area (Å²) in [5, 5.41) is 2.97. The Morgan fingerprint density at radius 2 is 1.63 bits per heavy atom. The number of nitrogens with one attached hydrogen (secondary N) is 1. The van der Waals surface area contributed by atoms with E-state index in [9.17, 15) is 4.79 Å². The van der Waals surface area contributed by atoms with Crippen molar-refractivity contribution in [3.8, 4) is 11.5 Å². The van der Waals surface area contributed by atoms with Gasteiger partial charge in [-0.15, -0.1) is 0 Å². The first kappa shape index (κ1) is 22.6. The van der Waals surface area contributed by atoms with E-state index in [1.807, 2.05) is 35.2 Å². The molecule has 35 heavy (non-hydrogen) atoms. The molecule has 8 nitrogen and oxygen atoms in total. The predicted molar refractivity (Wildman–Crippen MR) is 138 cm³/mol. The summed E-state index contributed by atoms with van der Waals surface area (Å²) in [4.78, 5) is 22.0. The van der Waals surface area contributed by atoms with Gasteiger partial charge in [0.2, 0.25) is 5.95 Å². The summed E-state index contributed by atoms with van der Waals surface area (Å²) in [6.07, 6.45) is 0. The first-order valence-corrected chi connectivity index (χ1v) is 11.7. The molecule has 0 saturated carbocycles. The molecule has 0 unspecified atom stereocenters. The number of piperazine rings is 1. The molecular weight excluding hydrogens is 442 g/mol. The number of nitrogens with zero attached hydrogens (tertiary/aromatic N) is 4. The van der Waals surface area contributed by atoms with E-state index in [0.29, 0.717) is 43.4 Å². The van der Waals surface area contributed by atoms with Gasteiger partial charge in [0.15, 0.2) is 11.5 Å². The van der Waals surface area contributed by atoms with Gasteiger partial charge < -0.3 is 29.2 Å². The number of hydrogen-bond donors (Lipinski definition) is 1. The molecule has 1 aliphatic heterocycles. The molecule has 2 amide bonds. The Labute approximate surface area is 204 Å². The number of carbonyl (C=O) groups is 1. The summed E-state index contributed by atoms with van der Waals surface area (Å²) in [6.45, 7) is 3.31. The number of para-hydroxylation sites is 3. The molecule has 2 heterocycles. The molecule has 1 aliphatic rings. The lowest BCUT2D eigenvalue weighted by atomic mass is 10.2. The smallest absolute Gasteiger partial charge is 0.322 e. The number of imidazole rings is 1. The Bertz CT molecular complexity index is 1310. The second kappa shape index (κ2) is 9.97. The topological polar surface area (TPSA) is 71.9 Å². The number of rotatable bonds is 6. The average Bonchev–Trinajstić information content (AvgIpc) is 3.27. The number of anilines is 2. The first-order chi connectivity index (χ1) is 17.2. The maximum Gasteiger partial charge on any atom is 0.322 e. The number of urea groups is 1.